The molecular formula is C10H13N2O2S+. The van der Waals surface area contributed by atoms with E-state index in [4.69, 9.17) is 5.39 Å². The predicted octanol–water partition coefficient (Wildman–Crippen LogP) is 2.53. The summed E-state index contributed by atoms with van der Waals surface area (Å²) in [5, 5.41) is 8.31. The molecule has 0 bridgehead atoms. The van der Waals surface area contributed by atoms with Crippen molar-refractivity contribution >= 4 is 10.0 Å². The molecule has 1 rings (SSSR count). The highest BCUT2D eigenvalue weighted by molar-refractivity contribution is 7.93. The van der Waals surface area contributed by atoms with E-state index in [1.54, 1.807) is 12.1 Å². The van der Waals surface area contributed by atoms with Gasteiger partial charge in [0.05, 0.1) is 0 Å². The fraction of sp³-hybridized carbons (Fsp3) is 0.400. The molecular weight excluding hydrogens is 212 g/mol. The van der Waals surface area contributed by atoms with Crippen LogP contribution < -0.4 is 0 Å². The van der Waals surface area contributed by atoms with Gasteiger partial charge < -0.3 is 0 Å². The first-order valence-electron chi connectivity index (χ1n) is 4.49. The van der Waals surface area contributed by atoms with Gasteiger partial charge in [0.25, 0.3) is 4.38 Å². The maximum Gasteiger partial charge on any atom is 0.552 e. The highest BCUT2D eigenvalue weighted by atomic mass is 32.2. The zero-order valence-corrected chi connectivity index (χ0v) is 9.75. The lowest BCUT2D eigenvalue weighted by Gasteiger charge is -2.18. The van der Waals surface area contributed by atoms with Crippen LogP contribution in [0.25, 0.3) is 4.38 Å². The molecule has 0 aromatic heterocycles. The molecule has 0 unspecified atom stereocenters. The number of benzene rings is 1. The van der Waals surface area contributed by atoms with Crippen molar-refractivity contribution < 1.29 is 8.42 Å². The molecule has 0 aliphatic rings. The summed E-state index contributed by atoms with van der Waals surface area (Å²) >= 11 is 0. The van der Waals surface area contributed by atoms with Gasteiger partial charge in [-0.05, 0) is 23.1 Å². The first-order valence-corrected chi connectivity index (χ1v) is 5.93. The third-order valence-corrected chi connectivity index (χ3v) is 3.21. The van der Waals surface area contributed by atoms with E-state index in [0.29, 0.717) is 0 Å². The Bertz CT molecular complexity index is 490. The third kappa shape index (κ3) is 2.54. The van der Waals surface area contributed by atoms with Gasteiger partial charge in [0.2, 0.25) is 5.39 Å². The fourth-order valence-electron chi connectivity index (χ4n) is 1.17. The van der Waals surface area contributed by atoms with Crippen LogP contribution in [-0.4, -0.2) is 8.42 Å². The highest BCUT2D eigenvalue weighted by Gasteiger charge is 2.27. The summed E-state index contributed by atoms with van der Waals surface area (Å²) < 4.78 is 24.6. The molecule has 0 saturated carbocycles. The number of hydrogen-bond donors (Lipinski definition) is 0. The van der Waals surface area contributed by atoms with Crippen LogP contribution in [0.5, 0.6) is 0 Å². The van der Waals surface area contributed by atoms with Crippen molar-refractivity contribution in [1.82, 2.24) is 0 Å². The second kappa shape index (κ2) is 3.63. The topological polar surface area (TPSA) is 62.3 Å². The lowest BCUT2D eigenvalue weighted by atomic mass is 9.87. The molecule has 1 aromatic rings. The fourth-order valence-corrected chi connectivity index (χ4v) is 1.75. The summed E-state index contributed by atoms with van der Waals surface area (Å²) in [4.78, 5) is -0.00185. The Balaban J connectivity index is 3.19. The van der Waals surface area contributed by atoms with Gasteiger partial charge in [0.1, 0.15) is 0 Å². The van der Waals surface area contributed by atoms with Gasteiger partial charge in [-0.25, -0.2) is 0 Å². The number of sulfonamides is 1. The minimum atomic E-state index is -3.88. The molecule has 0 radical (unpaired) electrons. The summed E-state index contributed by atoms with van der Waals surface area (Å²) in [6, 6.07) is 6.32. The Morgan fingerprint density at radius 1 is 1.13 bits per heavy atom. The standard InChI is InChI=1S/C10H13N2O2S/c1-10(2,3)8-4-6-9(7-5-8)15(13,14)12-11/h4-7H,1-3H3/q+1. The van der Waals surface area contributed by atoms with Crippen LogP contribution in [0.1, 0.15) is 26.3 Å². The molecule has 0 amide bonds. The Morgan fingerprint density at radius 3 is 1.93 bits per heavy atom. The van der Waals surface area contributed by atoms with Crippen LogP contribution in [0, 0.1) is 5.39 Å². The van der Waals surface area contributed by atoms with Gasteiger partial charge >= 0.3 is 10.0 Å². The van der Waals surface area contributed by atoms with E-state index in [-0.39, 0.29) is 10.3 Å². The number of hydrogen-bond acceptors (Lipinski definition) is 3. The first-order chi connectivity index (χ1) is 6.77. The van der Waals surface area contributed by atoms with E-state index in [2.05, 4.69) is 4.38 Å². The second-order valence-electron chi connectivity index (χ2n) is 4.33. The molecule has 4 nitrogen and oxygen atoms in total. The molecule has 0 atom stereocenters. The molecule has 80 valence electrons. The quantitative estimate of drug-likeness (QED) is 0.690. The van der Waals surface area contributed by atoms with Gasteiger partial charge in [0.15, 0.2) is 4.90 Å². The van der Waals surface area contributed by atoms with Crippen LogP contribution in [0.3, 0.4) is 0 Å². The van der Waals surface area contributed by atoms with Crippen molar-refractivity contribution in [2.24, 2.45) is 0 Å². The minimum Gasteiger partial charge on any atom is -0.141 e. The van der Waals surface area contributed by atoms with Crippen LogP contribution in [0.15, 0.2) is 29.2 Å². The molecule has 0 spiro atoms. The van der Waals surface area contributed by atoms with Gasteiger partial charge in [-0.3, -0.25) is 0 Å². The van der Waals surface area contributed by atoms with Crippen LogP contribution >= 0.6 is 0 Å². The van der Waals surface area contributed by atoms with Crippen molar-refractivity contribution in [3.63, 3.8) is 0 Å². The van der Waals surface area contributed by atoms with Gasteiger partial charge in [-0.1, -0.05) is 32.9 Å². The smallest absolute Gasteiger partial charge is 0.141 e. The van der Waals surface area contributed by atoms with E-state index < -0.39 is 10.0 Å². The van der Waals surface area contributed by atoms with Crippen LogP contribution in [0.4, 0.5) is 0 Å². The monoisotopic (exact) mass is 225 g/mol. The van der Waals surface area contributed by atoms with Gasteiger partial charge in [-0.2, -0.15) is 0 Å². The van der Waals surface area contributed by atoms with Gasteiger partial charge in [-0.15, -0.1) is 8.42 Å². The molecule has 0 heterocycles. The highest BCUT2D eigenvalue weighted by Crippen LogP contribution is 2.23. The molecule has 0 N–H and O–H groups in total. The Hall–Kier alpha value is -1.41. The van der Waals surface area contributed by atoms with Crippen molar-refractivity contribution in [2.75, 3.05) is 0 Å². The predicted molar refractivity (Wildman–Crippen MR) is 57.4 cm³/mol. The molecule has 0 aliphatic carbocycles. The number of rotatable bonds is 1. The van der Waals surface area contributed by atoms with Gasteiger partial charge in [0, 0.05) is 0 Å². The van der Waals surface area contributed by atoms with Crippen molar-refractivity contribution in [3.05, 3.63) is 34.2 Å². The van der Waals surface area contributed by atoms with Crippen molar-refractivity contribution in [3.8, 4) is 0 Å². The molecule has 5 heteroatoms. The zero-order valence-electron chi connectivity index (χ0n) is 8.93. The average Bonchev–Trinajstić information content (AvgIpc) is 2.17. The maximum absolute atomic E-state index is 11.1. The summed E-state index contributed by atoms with van der Waals surface area (Å²) in [5.41, 5.74) is 0.998. The summed E-state index contributed by atoms with van der Waals surface area (Å²) in [7, 11) is -3.88. The molecule has 0 fully saturated rings. The lowest BCUT2D eigenvalue weighted by molar-refractivity contribution is 0.587. The molecule has 1 aromatic carbocycles. The normalized spacial score (nSPS) is 12.1. The average molecular weight is 225 g/mol. The van der Waals surface area contributed by atoms with E-state index >= 15 is 0 Å². The Labute approximate surface area is 89.6 Å². The molecule has 0 aliphatic heterocycles. The maximum atomic E-state index is 11.1. The van der Waals surface area contributed by atoms with E-state index in [1.165, 1.54) is 12.1 Å². The molecule has 15 heavy (non-hydrogen) atoms. The third-order valence-electron chi connectivity index (χ3n) is 2.13. The van der Waals surface area contributed by atoms with Crippen molar-refractivity contribution in [2.45, 2.75) is 31.1 Å². The van der Waals surface area contributed by atoms with E-state index in [1.807, 2.05) is 20.8 Å². The lowest BCUT2D eigenvalue weighted by Crippen LogP contribution is -2.10. The Kier molecular flexibility index (Phi) is 2.82. The SMILES string of the molecule is CC(C)(C)c1ccc(S(=O)(=O)[N+]#N)cc1. The summed E-state index contributed by atoms with van der Waals surface area (Å²) in [5.74, 6) is 0. The van der Waals surface area contributed by atoms with Crippen LogP contribution in [-0.2, 0) is 15.4 Å². The zero-order chi connectivity index (χ0) is 11.7. The number of nitrogens with zero attached hydrogens (tertiary/aromatic N) is 2. The van der Waals surface area contributed by atoms with E-state index in [9.17, 15) is 8.42 Å². The minimum absolute atomic E-state index is 0.00185. The summed E-state index contributed by atoms with van der Waals surface area (Å²) in [6.45, 7) is 6.10. The van der Waals surface area contributed by atoms with E-state index in [0.717, 1.165) is 5.56 Å². The second-order valence-corrected chi connectivity index (χ2v) is 5.92. The number of diazo groups is 1. The molecule has 0 saturated heterocycles. The Morgan fingerprint density at radius 2 is 1.60 bits per heavy atom. The van der Waals surface area contributed by atoms with Crippen molar-refractivity contribution in [1.29, 1.82) is 5.39 Å². The largest absolute Gasteiger partial charge is 0.552 e. The first kappa shape index (κ1) is 11.7. The van der Waals surface area contributed by atoms with Crippen LogP contribution in [0.2, 0.25) is 0 Å². The summed E-state index contributed by atoms with van der Waals surface area (Å²) in [6.07, 6.45) is 0.